The molecule has 0 aliphatic rings. The Kier molecular flexibility index (Phi) is 4.72. The fraction of sp³-hybridized carbons (Fsp3) is 0.400. The number of fused-ring (bicyclic) bond motifs is 1. The predicted molar refractivity (Wildman–Crippen MR) is 72.3 cm³/mol. The number of rotatable bonds is 4. The molecule has 0 saturated heterocycles. The molecule has 0 fully saturated rings. The maximum absolute atomic E-state index is 12.9. The molecule has 1 aromatic carbocycles. The zero-order chi connectivity index (χ0) is 17.3. The number of hydrogen-bond donors (Lipinski definition) is 0. The average molecular weight is 337 g/mol. The number of aryl methyl sites for hydroxylation is 1. The van der Waals surface area contributed by atoms with Crippen molar-refractivity contribution in [2.45, 2.75) is 31.6 Å². The number of halogens is 6. The second kappa shape index (κ2) is 6.25. The molecule has 1 aromatic heterocycles. The van der Waals surface area contributed by atoms with Crippen molar-refractivity contribution < 1.29 is 31.1 Å². The molecule has 2 aromatic rings. The average Bonchev–Trinajstić information content (AvgIpc) is 2.43. The van der Waals surface area contributed by atoms with Gasteiger partial charge in [-0.25, -0.2) is 4.98 Å². The van der Waals surface area contributed by atoms with E-state index in [4.69, 9.17) is 4.74 Å². The molecule has 0 spiro atoms. The van der Waals surface area contributed by atoms with E-state index in [1.807, 2.05) is 0 Å². The monoisotopic (exact) mass is 337 g/mol. The third-order valence-corrected chi connectivity index (χ3v) is 3.29. The molecule has 23 heavy (non-hydrogen) atoms. The molecule has 0 atom stereocenters. The van der Waals surface area contributed by atoms with Crippen molar-refractivity contribution in [1.82, 2.24) is 4.98 Å². The van der Waals surface area contributed by atoms with Crippen LogP contribution in [-0.4, -0.2) is 18.3 Å². The summed E-state index contributed by atoms with van der Waals surface area (Å²) in [7, 11) is 1.34. The molecule has 0 radical (unpaired) electrons. The van der Waals surface area contributed by atoms with Gasteiger partial charge in [-0.2, -0.15) is 26.3 Å². The largest absolute Gasteiger partial charge is 0.496 e. The molecule has 0 amide bonds. The standard InChI is InChI=1S/C15H13F6NO/c1-23-11-6-2-5-10-13(11)9(4-3-7-14(16,17)18)8-12(22-10)15(19,20)21/h2,5-6,8H,3-4,7H2,1H3. The highest BCUT2D eigenvalue weighted by molar-refractivity contribution is 5.88. The van der Waals surface area contributed by atoms with Crippen LogP contribution in [0, 0.1) is 0 Å². The van der Waals surface area contributed by atoms with Crippen LogP contribution in [0.3, 0.4) is 0 Å². The molecule has 0 saturated carbocycles. The van der Waals surface area contributed by atoms with Crippen molar-refractivity contribution in [2.75, 3.05) is 7.11 Å². The van der Waals surface area contributed by atoms with Gasteiger partial charge in [-0.05, 0) is 36.6 Å². The van der Waals surface area contributed by atoms with E-state index in [0.29, 0.717) is 5.39 Å². The summed E-state index contributed by atoms with van der Waals surface area (Å²) in [5.74, 6) is 0.283. The van der Waals surface area contributed by atoms with Gasteiger partial charge in [0.15, 0.2) is 0 Å². The Balaban J connectivity index is 2.49. The van der Waals surface area contributed by atoms with Crippen LogP contribution in [0.15, 0.2) is 24.3 Å². The Hall–Kier alpha value is -1.99. The van der Waals surface area contributed by atoms with Gasteiger partial charge in [-0.3, -0.25) is 0 Å². The minimum Gasteiger partial charge on any atom is -0.496 e. The minimum absolute atomic E-state index is 0.0428. The zero-order valence-electron chi connectivity index (χ0n) is 12.1. The van der Waals surface area contributed by atoms with Gasteiger partial charge in [0, 0.05) is 11.8 Å². The first-order valence-electron chi connectivity index (χ1n) is 6.72. The molecule has 2 nitrogen and oxygen atoms in total. The van der Waals surface area contributed by atoms with Crippen molar-refractivity contribution >= 4 is 10.9 Å². The molecule has 1 heterocycles. The Morgan fingerprint density at radius 3 is 2.35 bits per heavy atom. The molecule has 8 heteroatoms. The molecule has 2 rings (SSSR count). The van der Waals surface area contributed by atoms with Crippen molar-refractivity contribution in [3.8, 4) is 5.75 Å². The van der Waals surface area contributed by atoms with E-state index in [1.54, 1.807) is 0 Å². The third-order valence-electron chi connectivity index (χ3n) is 3.29. The molecule has 0 aliphatic carbocycles. The van der Waals surface area contributed by atoms with E-state index in [0.717, 1.165) is 6.07 Å². The Labute approximate surface area is 128 Å². The highest BCUT2D eigenvalue weighted by atomic mass is 19.4. The number of methoxy groups -OCH3 is 1. The van der Waals surface area contributed by atoms with Crippen LogP contribution >= 0.6 is 0 Å². The van der Waals surface area contributed by atoms with E-state index < -0.39 is 24.5 Å². The summed E-state index contributed by atoms with van der Waals surface area (Å²) >= 11 is 0. The number of ether oxygens (including phenoxy) is 1. The van der Waals surface area contributed by atoms with Crippen LogP contribution < -0.4 is 4.74 Å². The fourth-order valence-corrected chi connectivity index (χ4v) is 2.33. The number of alkyl halides is 6. The zero-order valence-corrected chi connectivity index (χ0v) is 12.1. The van der Waals surface area contributed by atoms with Gasteiger partial charge in [0.1, 0.15) is 11.4 Å². The van der Waals surface area contributed by atoms with Crippen LogP contribution in [0.25, 0.3) is 10.9 Å². The molecule has 126 valence electrons. The molecule has 0 N–H and O–H groups in total. The molecule has 0 unspecified atom stereocenters. The van der Waals surface area contributed by atoms with Crippen LogP contribution in [0.1, 0.15) is 24.1 Å². The predicted octanol–water partition coefficient (Wildman–Crippen LogP) is 5.15. The minimum atomic E-state index is -4.67. The second-order valence-corrected chi connectivity index (χ2v) is 4.99. The second-order valence-electron chi connectivity index (χ2n) is 4.99. The van der Waals surface area contributed by atoms with Crippen molar-refractivity contribution in [3.05, 3.63) is 35.5 Å². The van der Waals surface area contributed by atoms with E-state index in [2.05, 4.69) is 4.98 Å². The van der Waals surface area contributed by atoms with Crippen LogP contribution in [0.2, 0.25) is 0 Å². The Morgan fingerprint density at radius 1 is 1.09 bits per heavy atom. The van der Waals surface area contributed by atoms with E-state index >= 15 is 0 Å². The lowest BCUT2D eigenvalue weighted by Crippen LogP contribution is -2.11. The van der Waals surface area contributed by atoms with Crippen LogP contribution in [0.5, 0.6) is 5.75 Å². The number of pyridine rings is 1. The number of benzene rings is 1. The first-order valence-corrected chi connectivity index (χ1v) is 6.72. The highest BCUT2D eigenvalue weighted by Crippen LogP contribution is 2.35. The molecular formula is C15H13F6NO. The SMILES string of the molecule is COc1cccc2nc(C(F)(F)F)cc(CCCC(F)(F)F)c12. The Morgan fingerprint density at radius 2 is 1.78 bits per heavy atom. The van der Waals surface area contributed by atoms with E-state index in [9.17, 15) is 26.3 Å². The summed E-state index contributed by atoms with van der Waals surface area (Å²) in [6, 6.07) is 5.18. The maximum atomic E-state index is 12.9. The van der Waals surface area contributed by atoms with Gasteiger partial charge in [-0.1, -0.05) is 6.07 Å². The first-order chi connectivity index (χ1) is 10.6. The van der Waals surface area contributed by atoms with Crippen molar-refractivity contribution in [3.63, 3.8) is 0 Å². The van der Waals surface area contributed by atoms with Crippen LogP contribution in [-0.2, 0) is 12.6 Å². The summed E-state index contributed by atoms with van der Waals surface area (Å²) < 4.78 is 80.7. The quantitative estimate of drug-likeness (QED) is 0.720. The summed E-state index contributed by atoms with van der Waals surface area (Å²) in [5, 5.41) is 0.310. The maximum Gasteiger partial charge on any atom is 0.433 e. The normalized spacial score (nSPS) is 12.7. The number of nitrogens with zero attached hydrogens (tertiary/aromatic N) is 1. The topological polar surface area (TPSA) is 22.1 Å². The van der Waals surface area contributed by atoms with Gasteiger partial charge < -0.3 is 4.74 Å². The highest BCUT2D eigenvalue weighted by Gasteiger charge is 2.34. The number of hydrogen-bond acceptors (Lipinski definition) is 2. The molecule has 0 bridgehead atoms. The summed E-state index contributed by atoms with van der Waals surface area (Å²) in [4.78, 5) is 3.55. The Bertz CT molecular complexity index is 693. The van der Waals surface area contributed by atoms with Gasteiger partial charge in [-0.15, -0.1) is 0 Å². The van der Waals surface area contributed by atoms with Gasteiger partial charge in [0.05, 0.1) is 12.6 Å². The molecule has 0 aliphatic heterocycles. The summed E-state index contributed by atoms with van der Waals surface area (Å²) in [6.07, 6.45) is -10.5. The third kappa shape index (κ3) is 4.27. The van der Waals surface area contributed by atoms with Crippen LogP contribution in [0.4, 0.5) is 26.3 Å². The summed E-state index contributed by atoms with van der Waals surface area (Å²) in [5.41, 5.74) is -0.939. The van der Waals surface area contributed by atoms with E-state index in [-0.39, 0.29) is 29.7 Å². The van der Waals surface area contributed by atoms with E-state index in [1.165, 1.54) is 25.3 Å². The first kappa shape index (κ1) is 17.4. The smallest absolute Gasteiger partial charge is 0.433 e. The number of aromatic nitrogens is 1. The fourth-order valence-electron chi connectivity index (χ4n) is 2.33. The lowest BCUT2D eigenvalue weighted by atomic mass is 10.0. The lowest BCUT2D eigenvalue weighted by Gasteiger charge is -2.14. The van der Waals surface area contributed by atoms with Gasteiger partial charge >= 0.3 is 12.4 Å². The lowest BCUT2D eigenvalue weighted by molar-refractivity contribution is -0.141. The van der Waals surface area contributed by atoms with Crippen molar-refractivity contribution in [2.24, 2.45) is 0 Å². The molecular weight excluding hydrogens is 324 g/mol. The van der Waals surface area contributed by atoms with Gasteiger partial charge in [0.25, 0.3) is 0 Å². The van der Waals surface area contributed by atoms with Gasteiger partial charge in [0.2, 0.25) is 0 Å². The van der Waals surface area contributed by atoms with Crippen molar-refractivity contribution in [1.29, 1.82) is 0 Å². The summed E-state index contributed by atoms with van der Waals surface area (Å²) in [6.45, 7) is 0.